The molecule has 0 spiro atoms. The summed E-state index contributed by atoms with van der Waals surface area (Å²) in [6.45, 7) is 1.77. The van der Waals surface area contributed by atoms with Crippen LogP contribution in [0.15, 0.2) is 30.3 Å². The van der Waals surface area contributed by atoms with Crippen LogP contribution in [0.3, 0.4) is 0 Å². The number of carbonyl (C=O) groups excluding carboxylic acids is 5. The molecule has 2 amide bonds. The van der Waals surface area contributed by atoms with Crippen LogP contribution in [0.1, 0.15) is 25.3 Å². The number of benzene rings is 1. The van der Waals surface area contributed by atoms with E-state index in [-0.39, 0.29) is 6.61 Å². The van der Waals surface area contributed by atoms with Crippen LogP contribution in [0.25, 0.3) is 0 Å². The molecular weight excluding hydrogens is 448 g/mol. The Balaban J connectivity index is 2.14. The smallest absolute Gasteiger partial charge is 0.410 e. The summed E-state index contributed by atoms with van der Waals surface area (Å²) < 4.78 is 19.4. The molecule has 34 heavy (non-hydrogen) atoms. The van der Waals surface area contributed by atoms with Gasteiger partial charge >= 0.3 is 24.0 Å². The Hall–Kier alpha value is -3.63. The average molecular weight is 478 g/mol. The highest BCUT2D eigenvalue weighted by Gasteiger charge is 2.44. The van der Waals surface area contributed by atoms with E-state index < -0.39 is 53.8 Å². The molecule has 0 aliphatic carbocycles. The molecule has 1 heterocycles. The molecule has 0 unspecified atom stereocenters. The van der Waals surface area contributed by atoms with Gasteiger partial charge in [-0.2, -0.15) is 0 Å². The summed E-state index contributed by atoms with van der Waals surface area (Å²) in [5, 5.41) is 2.53. The second-order valence-electron chi connectivity index (χ2n) is 7.78. The zero-order valence-electron chi connectivity index (χ0n) is 19.6. The fourth-order valence-electron chi connectivity index (χ4n) is 3.81. The Morgan fingerprint density at radius 3 is 2.12 bits per heavy atom. The van der Waals surface area contributed by atoms with Crippen molar-refractivity contribution < 1.29 is 42.9 Å². The summed E-state index contributed by atoms with van der Waals surface area (Å²) in [4.78, 5) is 63.8. The molecular formula is C23H30N2O9. The molecule has 1 aromatic rings. The molecule has 11 nitrogen and oxygen atoms in total. The average Bonchev–Trinajstić information content (AvgIpc) is 3.35. The van der Waals surface area contributed by atoms with E-state index >= 15 is 0 Å². The number of carbonyl (C=O) groups is 5. The lowest BCUT2D eigenvalue weighted by molar-refractivity contribution is -0.163. The lowest BCUT2D eigenvalue weighted by atomic mass is 9.87. The molecule has 1 aliphatic heterocycles. The van der Waals surface area contributed by atoms with E-state index in [1.807, 2.05) is 30.3 Å². The molecule has 2 rings (SSSR count). The highest BCUT2D eigenvalue weighted by atomic mass is 16.6. The van der Waals surface area contributed by atoms with Gasteiger partial charge in [-0.3, -0.25) is 19.3 Å². The first-order chi connectivity index (χ1) is 16.2. The number of likely N-dealkylation sites (tertiary alicyclic amines) is 1. The number of methoxy groups -OCH3 is 3. The van der Waals surface area contributed by atoms with Gasteiger partial charge in [0.25, 0.3) is 0 Å². The number of nitrogens with one attached hydrogen (secondary N) is 1. The summed E-state index contributed by atoms with van der Waals surface area (Å²) in [7, 11) is 3.30. The number of esters is 3. The van der Waals surface area contributed by atoms with Crippen molar-refractivity contribution in [2.24, 2.45) is 11.8 Å². The van der Waals surface area contributed by atoms with E-state index in [1.54, 1.807) is 0 Å². The van der Waals surface area contributed by atoms with Gasteiger partial charge in [-0.25, -0.2) is 9.59 Å². The number of hydrogen-bond acceptors (Lipinski definition) is 9. The standard InChI is InChI=1S/C23H30N2O9/c1-14(17(20(27)31-2)21(28)32-3)18(22(29)33-4)24-19(26)16-11-8-12-25(16)23(30)34-13-15-9-6-5-7-10-15/h5-7,9-10,14,16-18H,8,11-13H2,1-4H3,(H,24,26)/t14-,16+,18-/m0/s1. The summed E-state index contributed by atoms with van der Waals surface area (Å²) >= 11 is 0. The van der Waals surface area contributed by atoms with Crippen molar-refractivity contribution in [3.8, 4) is 0 Å². The first-order valence-electron chi connectivity index (χ1n) is 10.8. The topological polar surface area (TPSA) is 138 Å². The van der Waals surface area contributed by atoms with Crippen molar-refractivity contribution in [3.05, 3.63) is 35.9 Å². The molecule has 3 atom stereocenters. The fraction of sp³-hybridized carbons (Fsp3) is 0.522. The van der Waals surface area contributed by atoms with Crippen LogP contribution in [0.4, 0.5) is 4.79 Å². The van der Waals surface area contributed by atoms with Gasteiger partial charge < -0.3 is 24.3 Å². The quantitative estimate of drug-likeness (QED) is 0.313. The van der Waals surface area contributed by atoms with Crippen LogP contribution >= 0.6 is 0 Å². The van der Waals surface area contributed by atoms with Crippen LogP contribution in [-0.2, 0) is 44.7 Å². The minimum Gasteiger partial charge on any atom is -0.468 e. The second-order valence-corrected chi connectivity index (χ2v) is 7.78. The Morgan fingerprint density at radius 1 is 0.971 bits per heavy atom. The lowest BCUT2D eigenvalue weighted by Gasteiger charge is -2.29. The van der Waals surface area contributed by atoms with Crippen LogP contribution in [-0.4, -0.2) is 74.8 Å². The molecule has 11 heteroatoms. The molecule has 1 aliphatic rings. The van der Waals surface area contributed by atoms with Gasteiger partial charge in [0.2, 0.25) is 5.91 Å². The van der Waals surface area contributed by atoms with Crippen molar-refractivity contribution >= 4 is 29.9 Å². The molecule has 1 fully saturated rings. The van der Waals surface area contributed by atoms with E-state index in [0.717, 1.165) is 26.9 Å². The molecule has 1 aromatic carbocycles. The van der Waals surface area contributed by atoms with Gasteiger partial charge in [0.1, 0.15) is 18.7 Å². The SMILES string of the molecule is COC(=O)C(C(=O)OC)[C@H](C)[C@H](NC(=O)[C@H]1CCCN1C(=O)OCc1ccccc1)C(=O)OC. The van der Waals surface area contributed by atoms with Crippen LogP contribution in [0, 0.1) is 11.8 Å². The summed E-state index contributed by atoms with van der Waals surface area (Å²) in [6.07, 6.45) is 0.252. The normalized spacial score (nSPS) is 16.9. The maximum absolute atomic E-state index is 13.1. The predicted molar refractivity (Wildman–Crippen MR) is 117 cm³/mol. The Bertz CT molecular complexity index is 874. The summed E-state index contributed by atoms with van der Waals surface area (Å²) in [5.74, 6) is -5.88. The molecule has 0 bridgehead atoms. The Morgan fingerprint density at radius 2 is 1.56 bits per heavy atom. The highest BCUT2D eigenvalue weighted by molar-refractivity contribution is 5.97. The molecule has 0 radical (unpaired) electrons. The summed E-state index contributed by atoms with van der Waals surface area (Å²) in [5.41, 5.74) is 0.798. The van der Waals surface area contributed by atoms with Crippen molar-refractivity contribution in [3.63, 3.8) is 0 Å². The first kappa shape index (κ1) is 26.6. The Labute approximate surface area is 197 Å². The third kappa shape index (κ3) is 6.46. The molecule has 0 aromatic heterocycles. The van der Waals surface area contributed by atoms with Gasteiger partial charge in [0.05, 0.1) is 21.3 Å². The number of nitrogens with zero attached hydrogens (tertiary/aromatic N) is 1. The maximum Gasteiger partial charge on any atom is 0.410 e. The largest absolute Gasteiger partial charge is 0.468 e. The number of rotatable bonds is 9. The molecule has 186 valence electrons. The maximum atomic E-state index is 13.1. The van der Waals surface area contributed by atoms with E-state index in [9.17, 15) is 24.0 Å². The third-order valence-corrected chi connectivity index (χ3v) is 5.71. The first-order valence-corrected chi connectivity index (χ1v) is 10.8. The third-order valence-electron chi connectivity index (χ3n) is 5.71. The Kier molecular flexibility index (Phi) is 9.84. The highest BCUT2D eigenvalue weighted by Crippen LogP contribution is 2.23. The van der Waals surface area contributed by atoms with Crippen molar-refractivity contribution in [1.82, 2.24) is 10.2 Å². The number of hydrogen-bond donors (Lipinski definition) is 1. The van der Waals surface area contributed by atoms with E-state index in [0.29, 0.717) is 19.4 Å². The minimum atomic E-state index is -1.48. The van der Waals surface area contributed by atoms with E-state index in [2.05, 4.69) is 14.8 Å². The molecule has 0 saturated carbocycles. The van der Waals surface area contributed by atoms with E-state index in [1.165, 1.54) is 11.8 Å². The van der Waals surface area contributed by atoms with Gasteiger partial charge in [-0.15, -0.1) is 0 Å². The van der Waals surface area contributed by atoms with Gasteiger partial charge in [-0.05, 0) is 18.4 Å². The predicted octanol–water partition coefficient (Wildman–Crippen LogP) is 1.04. The van der Waals surface area contributed by atoms with E-state index in [4.69, 9.17) is 9.47 Å². The van der Waals surface area contributed by atoms with Gasteiger partial charge in [-0.1, -0.05) is 37.3 Å². The zero-order valence-corrected chi connectivity index (χ0v) is 19.6. The van der Waals surface area contributed by atoms with Crippen molar-refractivity contribution in [2.75, 3.05) is 27.9 Å². The van der Waals surface area contributed by atoms with Crippen LogP contribution in [0.2, 0.25) is 0 Å². The van der Waals surface area contributed by atoms with Crippen molar-refractivity contribution in [1.29, 1.82) is 0 Å². The molecule has 1 N–H and O–H groups in total. The zero-order chi connectivity index (χ0) is 25.3. The fourth-order valence-corrected chi connectivity index (χ4v) is 3.81. The monoisotopic (exact) mass is 478 g/mol. The van der Waals surface area contributed by atoms with Crippen LogP contribution < -0.4 is 5.32 Å². The molecule has 1 saturated heterocycles. The van der Waals surface area contributed by atoms with Gasteiger partial charge in [0.15, 0.2) is 5.92 Å². The summed E-state index contributed by atoms with van der Waals surface area (Å²) in [6, 6.07) is 6.83. The van der Waals surface area contributed by atoms with Crippen molar-refractivity contribution in [2.45, 2.75) is 38.5 Å². The lowest BCUT2D eigenvalue weighted by Crippen LogP contribution is -2.55. The second kappa shape index (κ2) is 12.6. The van der Waals surface area contributed by atoms with Crippen LogP contribution in [0.5, 0.6) is 0 Å². The van der Waals surface area contributed by atoms with Gasteiger partial charge in [0, 0.05) is 12.5 Å². The number of amides is 2. The number of ether oxygens (including phenoxy) is 4. The minimum absolute atomic E-state index is 0.0479.